The molecule has 0 atom stereocenters. The van der Waals surface area contributed by atoms with Crippen molar-refractivity contribution in [3.63, 3.8) is 0 Å². The van der Waals surface area contributed by atoms with Gasteiger partial charge in [0.2, 0.25) is 11.6 Å². The smallest absolute Gasteiger partial charge is 0.363 e. The average molecular weight is 359 g/mol. The predicted molar refractivity (Wildman–Crippen MR) is 95.8 cm³/mol. The topological polar surface area (TPSA) is 66.4 Å². The van der Waals surface area contributed by atoms with E-state index in [0.717, 1.165) is 9.75 Å². The van der Waals surface area contributed by atoms with Crippen LogP contribution in [0.1, 0.15) is 15.3 Å². The number of carbonyl (C=O) groups excluding carboxylic acids is 1. The van der Waals surface area contributed by atoms with Gasteiger partial charge in [0.05, 0.1) is 21.3 Å². The van der Waals surface area contributed by atoms with Crippen molar-refractivity contribution in [2.24, 2.45) is 4.99 Å². The number of hydrogen-bond acceptors (Lipinski definition) is 7. The Morgan fingerprint density at radius 1 is 1.08 bits per heavy atom. The Hall–Kier alpha value is -2.80. The molecule has 1 aliphatic heterocycles. The zero-order valence-electron chi connectivity index (χ0n) is 14.3. The van der Waals surface area contributed by atoms with E-state index in [0.29, 0.717) is 22.8 Å². The molecule has 0 spiro atoms. The Bertz CT molecular complexity index is 856. The quantitative estimate of drug-likeness (QED) is 0.604. The van der Waals surface area contributed by atoms with Crippen molar-refractivity contribution < 1.29 is 23.7 Å². The van der Waals surface area contributed by atoms with Crippen molar-refractivity contribution in [3.05, 3.63) is 45.3 Å². The molecule has 0 aliphatic carbocycles. The summed E-state index contributed by atoms with van der Waals surface area (Å²) in [6.45, 7) is 2.00. The minimum absolute atomic E-state index is 0.198. The van der Waals surface area contributed by atoms with E-state index in [2.05, 4.69) is 4.99 Å². The lowest BCUT2D eigenvalue weighted by atomic mass is 10.2. The Labute approximate surface area is 149 Å². The second-order valence-corrected chi connectivity index (χ2v) is 6.52. The second-order valence-electron chi connectivity index (χ2n) is 5.20. The predicted octanol–water partition coefficient (Wildman–Crippen LogP) is 3.43. The average Bonchev–Trinajstić information content (AvgIpc) is 3.19. The van der Waals surface area contributed by atoms with Crippen molar-refractivity contribution in [2.75, 3.05) is 21.3 Å². The van der Waals surface area contributed by atoms with Crippen LogP contribution in [-0.2, 0) is 9.53 Å². The molecule has 2 heterocycles. The van der Waals surface area contributed by atoms with Crippen molar-refractivity contribution in [1.82, 2.24) is 0 Å². The first-order valence-electron chi connectivity index (χ1n) is 7.45. The van der Waals surface area contributed by atoms with Crippen LogP contribution in [0.25, 0.3) is 6.08 Å². The number of aryl methyl sites for hydroxylation is 1. The molecular formula is C18H17NO5S. The lowest BCUT2D eigenvalue weighted by Crippen LogP contribution is -2.06. The monoisotopic (exact) mass is 359 g/mol. The Morgan fingerprint density at radius 2 is 1.76 bits per heavy atom. The van der Waals surface area contributed by atoms with Gasteiger partial charge in [-0.25, -0.2) is 9.79 Å². The molecule has 3 rings (SSSR count). The number of methoxy groups -OCH3 is 3. The van der Waals surface area contributed by atoms with Crippen LogP contribution >= 0.6 is 11.3 Å². The Balaban J connectivity index is 2.00. The van der Waals surface area contributed by atoms with E-state index < -0.39 is 5.97 Å². The van der Waals surface area contributed by atoms with E-state index in [9.17, 15) is 4.79 Å². The summed E-state index contributed by atoms with van der Waals surface area (Å²) in [5.41, 5.74) is 0.819. The third-order valence-corrected chi connectivity index (χ3v) is 4.52. The number of aliphatic imine (C=N–C) groups is 1. The van der Waals surface area contributed by atoms with Gasteiger partial charge in [-0.05, 0) is 37.3 Å². The number of benzene rings is 1. The summed E-state index contributed by atoms with van der Waals surface area (Å²) < 4.78 is 21.2. The minimum Gasteiger partial charge on any atom is -0.493 e. The first-order valence-corrected chi connectivity index (χ1v) is 8.26. The third-order valence-electron chi connectivity index (χ3n) is 3.57. The first kappa shape index (κ1) is 17.0. The van der Waals surface area contributed by atoms with E-state index in [1.807, 2.05) is 19.1 Å². The zero-order chi connectivity index (χ0) is 18.0. The van der Waals surface area contributed by atoms with E-state index in [1.54, 1.807) is 29.5 Å². The molecule has 130 valence electrons. The summed E-state index contributed by atoms with van der Waals surface area (Å²) in [6, 6.07) is 7.30. The van der Waals surface area contributed by atoms with Crippen molar-refractivity contribution >= 4 is 29.3 Å². The number of esters is 1. The molecule has 7 heteroatoms. The fraction of sp³-hybridized carbons (Fsp3) is 0.222. The van der Waals surface area contributed by atoms with Crippen LogP contribution in [0.4, 0.5) is 0 Å². The molecule has 2 aromatic rings. The number of carbonyl (C=O) groups is 1. The number of cyclic esters (lactones) is 1. The lowest BCUT2D eigenvalue weighted by molar-refractivity contribution is -0.129. The number of thiophene rings is 1. The highest BCUT2D eigenvalue weighted by Gasteiger charge is 2.26. The summed E-state index contributed by atoms with van der Waals surface area (Å²) in [5, 5.41) is 0. The first-order chi connectivity index (χ1) is 12.0. The molecule has 1 aliphatic rings. The van der Waals surface area contributed by atoms with Gasteiger partial charge in [-0.1, -0.05) is 0 Å². The molecule has 0 fully saturated rings. The maximum atomic E-state index is 12.1. The number of hydrogen-bond donors (Lipinski definition) is 0. The summed E-state index contributed by atoms with van der Waals surface area (Å²) in [5.74, 6) is 1.09. The van der Waals surface area contributed by atoms with Gasteiger partial charge in [0.15, 0.2) is 17.2 Å². The molecular weight excluding hydrogens is 342 g/mol. The maximum absolute atomic E-state index is 12.1. The minimum atomic E-state index is -0.491. The number of ether oxygens (including phenoxy) is 4. The van der Waals surface area contributed by atoms with Gasteiger partial charge in [-0.3, -0.25) is 0 Å². The van der Waals surface area contributed by atoms with Gasteiger partial charge < -0.3 is 18.9 Å². The number of nitrogens with zero attached hydrogens (tertiary/aromatic N) is 1. The fourth-order valence-electron chi connectivity index (χ4n) is 2.40. The van der Waals surface area contributed by atoms with E-state index in [1.165, 1.54) is 21.3 Å². The molecule has 6 nitrogen and oxygen atoms in total. The molecule has 0 amide bonds. The molecule has 0 bridgehead atoms. The highest BCUT2D eigenvalue weighted by atomic mass is 32.1. The van der Waals surface area contributed by atoms with Crippen molar-refractivity contribution in [2.45, 2.75) is 6.92 Å². The van der Waals surface area contributed by atoms with Crippen LogP contribution in [0, 0.1) is 6.92 Å². The van der Waals surface area contributed by atoms with Gasteiger partial charge in [0.25, 0.3) is 0 Å². The Morgan fingerprint density at radius 3 is 2.28 bits per heavy atom. The zero-order valence-corrected chi connectivity index (χ0v) is 15.1. The molecule has 0 N–H and O–H groups in total. The highest BCUT2D eigenvalue weighted by molar-refractivity contribution is 7.12. The van der Waals surface area contributed by atoms with Crippen molar-refractivity contribution in [3.8, 4) is 17.2 Å². The highest BCUT2D eigenvalue weighted by Crippen LogP contribution is 2.39. The van der Waals surface area contributed by atoms with Gasteiger partial charge in [0, 0.05) is 15.3 Å². The second kappa shape index (κ2) is 6.98. The molecule has 1 aromatic heterocycles. The van der Waals surface area contributed by atoms with E-state index in [-0.39, 0.29) is 11.6 Å². The van der Waals surface area contributed by atoms with Crippen LogP contribution in [-0.4, -0.2) is 33.2 Å². The maximum Gasteiger partial charge on any atom is 0.363 e. The largest absolute Gasteiger partial charge is 0.493 e. The van der Waals surface area contributed by atoms with Gasteiger partial charge in [-0.15, -0.1) is 11.3 Å². The van der Waals surface area contributed by atoms with E-state index >= 15 is 0 Å². The fourth-order valence-corrected chi connectivity index (χ4v) is 3.22. The molecule has 25 heavy (non-hydrogen) atoms. The molecule has 0 saturated carbocycles. The molecule has 0 unspecified atom stereocenters. The Kier molecular flexibility index (Phi) is 4.76. The molecule has 0 saturated heterocycles. The van der Waals surface area contributed by atoms with Crippen LogP contribution < -0.4 is 14.2 Å². The third kappa shape index (κ3) is 3.36. The van der Waals surface area contributed by atoms with Crippen LogP contribution in [0.2, 0.25) is 0 Å². The molecule has 1 aromatic carbocycles. The van der Waals surface area contributed by atoms with Crippen LogP contribution in [0.15, 0.2) is 35.0 Å². The molecule has 0 radical (unpaired) electrons. The summed E-state index contributed by atoms with van der Waals surface area (Å²) in [4.78, 5) is 18.5. The van der Waals surface area contributed by atoms with Crippen molar-refractivity contribution in [1.29, 1.82) is 0 Å². The standard InChI is InChI=1S/C18H17NO5S/c1-10-5-6-12(25-10)9-13-18(20)24-17(19-13)11-7-14(21-2)16(23-4)15(8-11)22-3/h5-9H,1-4H3/b13-9-. The van der Waals surface area contributed by atoms with Crippen LogP contribution in [0.5, 0.6) is 17.2 Å². The SMILES string of the molecule is COc1cc(C2=N/C(=C\c3ccc(C)s3)C(=O)O2)cc(OC)c1OC. The van der Waals surface area contributed by atoms with E-state index in [4.69, 9.17) is 18.9 Å². The summed E-state index contributed by atoms with van der Waals surface area (Å²) in [7, 11) is 4.57. The summed E-state index contributed by atoms with van der Waals surface area (Å²) in [6.07, 6.45) is 1.71. The van der Waals surface area contributed by atoms with Gasteiger partial charge in [0.1, 0.15) is 0 Å². The number of rotatable bonds is 5. The van der Waals surface area contributed by atoms with Gasteiger partial charge in [-0.2, -0.15) is 0 Å². The normalized spacial score (nSPS) is 15.1. The summed E-state index contributed by atoms with van der Waals surface area (Å²) >= 11 is 1.58. The van der Waals surface area contributed by atoms with Crippen LogP contribution in [0.3, 0.4) is 0 Å². The van der Waals surface area contributed by atoms with Gasteiger partial charge >= 0.3 is 5.97 Å². The lowest BCUT2D eigenvalue weighted by Gasteiger charge is -2.13.